The summed E-state index contributed by atoms with van der Waals surface area (Å²) in [6.07, 6.45) is 4.59. The number of aromatic nitrogens is 2. The Hall–Kier alpha value is -1.26. The highest BCUT2D eigenvalue weighted by Crippen LogP contribution is 2.27. The van der Waals surface area contributed by atoms with Crippen molar-refractivity contribution in [2.24, 2.45) is 5.92 Å². The summed E-state index contributed by atoms with van der Waals surface area (Å²) in [6, 6.07) is 5.92. The average Bonchev–Trinajstić information content (AvgIpc) is 3.07. The highest BCUT2D eigenvalue weighted by atomic mass is 32.1. The first-order valence-electron chi connectivity index (χ1n) is 5.98. The molecule has 0 bridgehead atoms. The third-order valence-corrected chi connectivity index (χ3v) is 3.79. The molecular weight excluding hydrogens is 230 g/mol. The van der Waals surface area contributed by atoms with Crippen molar-refractivity contribution >= 4 is 11.3 Å². The summed E-state index contributed by atoms with van der Waals surface area (Å²) in [5, 5.41) is 6.58. The first kappa shape index (κ1) is 10.9. The van der Waals surface area contributed by atoms with E-state index in [9.17, 15) is 0 Å². The normalized spacial score (nSPS) is 15.1. The van der Waals surface area contributed by atoms with Crippen molar-refractivity contribution in [3.05, 3.63) is 35.5 Å². The number of rotatable bonds is 5. The number of hydrogen-bond acceptors (Lipinski definition) is 4. The van der Waals surface area contributed by atoms with Gasteiger partial charge in [-0.25, -0.2) is 4.98 Å². The van der Waals surface area contributed by atoms with E-state index >= 15 is 0 Å². The standard InChI is InChI=1S/C13H15N3S/c1-2-6-15-12(3-1)13-16-11(9-17-13)8-14-7-10-4-5-10/h1-3,6,9-10,14H,4-5,7-8H2. The molecule has 0 aromatic carbocycles. The lowest BCUT2D eigenvalue weighted by Gasteiger charge is -1.99. The highest BCUT2D eigenvalue weighted by Gasteiger charge is 2.20. The Morgan fingerprint density at radius 1 is 1.35 bits per heavy atom. The summed E-state index contributed by atoms with van der Waals surface area (Å²) < 4.78 is 0. The van der Waals surface area contributed by atoms with Gasteiger partial charge in [0.2, 0.25) is 0 Å². The first-order valence-corrected chi connectivity index (χ1v) is 6.86. The molecule has 0 saturated heterocycles. The van der Waals surface area contributed by atoms with Gasteiger partial charge in [-0.15, -0.1) is 11.3 Å². The lowest BCUT2D eigenvalue weighted by molar-refractivity contribution is 0.632. The number of nitrogens with one attached hydrogen (secondary N) is 1. The SMILES string of the molecule is c1ccc(-c2nc(CNCC3CC3)cs2)nc1. The van der Waals surface area contributed by atoms with Gasteiger partial charge in [-0.2, -0.15) is 0 Å². The fourth-order valence-corrected chi connectivity index (χ4v) is 2.52. The minimum atomic E-state index is 0.875. The number of nitrogens with zero attached hydrogens (tertiary/aromatic N) is 2. The van der Waals surface area contributed by atoms with Crippen LogP contribution in [-0.2, 0) is 6.54 Å². The molecular formula is C13H15N3S. The van der Waals surface area contributed by atoms with Crippen LogP contribution < -0.4 is 5.32 Å². The van der Waals surface area contributed by atoms with Crippen LogP contribution in [0.5, 0.6) is 0 Å². The molecule has 0 unspecified atom stereocenters. The summed E-state index contributed by atoms with van der Waals surface area (Å²) in [5.41, 5.74) is 2.09. The average molecular weight is 245 g/mol. The van der Waals surface area contributed by atoms with E-state index in [-0.39, 0.29) is 0 Å². The highest BCUT2D eigenvalue weighted by molar-refractivity contribution is 7.13. The summed E-state index contributed by atoms with van der Waals surface area (Å²) in [7, 11) is 0. The van der Waals surface area contributed by atoms with E-state index in [0.29, 0.717) is 0 Å². The van der Waals surface area contributed by atoms with Gasteiger partial charge in [0, 0.05) is 18.1 Å². The van der Waals surface area contributed by atoms with E-state index in [0.717, 1.165) is 35.4 Å². The predicted molar refractivity (Wildman–Crippen MR) is 69.8 cm³/mol. The van der Waals surface area contributed by atoms with Crippen molar-refractivity contribution in [2.75, 3.05) is 6.54 Å². The van der Waals surface area contributed by atoms with E-state index in [1.165, 1.54) is 12.8 Å². The van der Waals surface area contributed by atoms with Crippen LogP contribution in [-0.4, -0.2) is 16.5 Å². The summed E-state index contributed by atoms with van der Waals surface area (Å²) in [6.45, 7) is 2.01. The summed E-state index contributed by atoms with van der Waals surface area (Å²) >= 11 is 1.66. The Kier molecular flexibility index (Phi) is 3.16. The van der Waals surface area contributed by atoms with E-state index in [1.807, 2.05) is 24.4 Å². The van der Waals surface area contributed by atoms with Crippen LogP contribution in [0.3, 0.4) is 0 Å². The Labute approximate surface area is 105 Å². The maximum absolute atomic E-state index is 4.59. The zero-order valence-electron chi connectivity index (χ0n) is 9.60. The lowest BCUT2D eigenvalue weighted by Crippen LogP contribution is -2.16. The van der Waals surface area contributed by atoms with E-state index in [4.69, 9.17) is 0 Å². The van der Waals surface area contributed by atoms with Gasteiger partial charge in [0.1, 0.15) is 5.01 Å². The predicted octanol–water partition coefficient (Wildman–Crippen LogP) is 2.70. The van der Waals surface area contributed by atoms with Gasteiger partial charge in [0.25, 0.3) is 0 Å². The van der Waals surface area contributed by atoms with Crippen LogP contribution >= 0.6 is 11.3 Å². The zero-order chi connectivity index (χ0) is 11.5. The van der Waals surface area contributed by atoms with Gasteiger partial charge < -0.3 is 5.32 Å². The van der Waals surface area contributed by atoms with Crippen molar-refractivity contribution in [1.82, 2.24) is 15.3 Å². The molecule has 1 N–H and O–H groups in total. The Morgan fingerprint density at radius 3 is 3.06 bits per heavy atom. The monoisotopic (exact) mass is 245 g/mol. The Morgan fingerprint density at radius 2 is 2.29 bits per heavy atom. The fourth-order valence-electron chi connectivity index (χ4n) is 1.72. The molecule has 1 saturated carbocycles. The van der Waals surface area contributed by atoms with Gasteiger partial charge in [-0.1, -0.05) is 6.07 Å². The van der Waals surface area contributed by atoms with Crippen molar-refractivity contribution in [3.63, 3.8) is 0 Å². The molecule has 2 aromatic heterocycles. The molecule has 2 heterocycles. The Bertz CT molecular complexity index is 476. The molecule has 17 heavy (non-hydrogen) atoms. The van der Waals surface area contributed by atoms with Crippen LogP contribution in [0.25, 0.3) is 10.7 Å². The molecule has 0 atom stereocenters. The third-order valence-electron chi connectivity index (χ3n) is 2.87. The molecule has 0 amide bonds. The van der Waals surface area contributed by atoms with Crippen molar-refractivity contribution in [2.45, 2.75) is 19.4 Å². The second kappa shape index (κ2) is 4.94. The number of hydrogen-bond donors (Lipinski definition) is 1. The first-order chi connectivity index (χ1) is 8.42. The second-order valence-corrected chi connectivity index (χ2v) is 5.29. The molecule has 1 aliphatic rings. The molecule has 1 fully saturated rings. The minimum Gasteiger partial charge on any atom is -0.311 e. The lowest BCUT2D eigenvalue weighted by atomic mass is 10.3. The topological polar surface area (TPSA) is 37.8 Å². The number of pyridine rings is 1. The van der Waals surface area contributed by atoms with Gasteiger partial charge in [0.15, 0.2) is 0 Å². The zero-order valence-corrected chi connectivity index (χ0v) is 10.4. The quantitative estimate of drug-likeness (QED) is 0.880. The molecule has 3 nitrogen and oxygen atoms in total. The van der Waals surface area contributed by atoms with Gasteiger partial charge >= 0.3 is 0 Å². The number of thiazole rings is 1. The maximum atomic E-state index is 4.59. The van der Waals surface area contributed by atoms with Crippen LogP contribution in [0.1, 0.15) is 18.5 Å². The van der Waals surface area contributed by atoms with Crippen molar-refractivity contribution < 1.29 is 0 Å². The molecule has 3 rings (SSSR count). The smallest absolute Gasteiger partial charge is 0.142 e. The molecule has 0 aliphatic heterocycles. The summed E-state index contributed by atoms with van der Waals surface area (Å²) in [5.74, 6) is 0.920. The summed E-state index contributed by atoms with van der Waals surface area (Å²) in [4.78, 5) is 8.90. The van der Waals surface area contributed by atoms with Gasteiger partial charge in [-0.3, -0.25) is 4.98 Å². The minimum absolute atomic E-state index is 0.875. The van der Waals surface area contributed by atoms with Gasteiger partial charge in [-0.05, 0) is 37.4 Å². The van der Waals surface area contributed by atoms with E-state index in [1.54, 1.807) is 11.3 Å². The van der Waals surface area contributed by atoms with Crippen LogP contribution in [0.4, 0.5) is 0 Å². The second-order valence-electron chi connectivity index (χ2n) is 4.43. The van der Waals surface area contributed by atoms with Crippen molar-refractivity contribution in [3.8, 4) is 10.7 Å². The molecule has 88 valence electrons. The Balaban J connectivity index is 1.61. The molecule has 0 spiro atoms. The van der Waals surface area contributed by atoms with Crippen molar-refractivity contribution in [1.29, 1.82) is 0 Å². The van der Waals surface area contributed by atoms with Crippen LogP contribution in [0.15, 0.2) is 29.8 Å². The van der Waals surface area contributed by atoms with Crippen LogP contribution in [0, 0.1) is 5.92 Å². The van der Waals surface area contributed by atoms with E-state index < -0.39 is 0 Å². The molecule has 1 aliphatic carbocycles. The third kappa shape index (κ3) is 2.90. The van der Waals surface area contributed by atoms with Gasteiger partial charge in [0.05, 0.1) is 11.4 Å². The van der Waals surface area contributed by atoms with Crippen LogP contribution in [0.2, 0.25) is 0 Å². The fraction of sp³-hybridized carbons (Fsp3) is 0.385. The van der Waals surface area contributed by atoms with E-state index in [2.05, 4.69) is 20.7 Å². The maximum Gasteiger partial charge on any atom is 0.142 e. The largest absolute Gasteiger partial charge is 0.311 e. The molecule has 4 heteroatoms. The molecule has 0 radical (unpaired) electrons. The molecule has 2 aromatic rings.